The van der Waals surface area contributed by atoms with E-state index >= 15 is 0 Å². The molecule has 1 aromatic rings. The van der Waals surface area contributed by atoms with Crippen LogP contribution in [0, 0.1) is 0 Å². The van der Waals surface area contributed by atoms with Crippen LogP contribution in [0.1, 0.15) is 31.6 Å². The molecule has 1 aromatic heterocycles. The van der Waals surface area contributed by atoms with E-state index in [1.54, 1.807) is 15.6 Å². The second-order valence-electron chi connectivity index (χ2n) is 4.53. The van der Waals surface area contributed by atoms with Gasteiger partial charge in [-0.25, -0.2) is 8.42 Å². The number of rotatable bonds is 8. The summed E-state index contributed by atoms with van der Waals surface area (Å²) in [6, 6.07) is 3.89. The summed E-state index contributed by atoms with van der Waals surface area (Å²) in [6.07, 6.45) is 1.39. The van der Waals surface area contributed by atoms with Crippen LogP contribution in [0.25, 0.3) is 0 Å². The van der Waals surface area contributed by atoms with E-state index < -0.39 is 10.0 Å². The number of hydrogen-bond donors (Lipinski definition) is 1. The zero-order chi connectivity index (χ0) is 13.6. The minimum Gasteiger partial charge on any atom is -0.330 e. The molecule has 0 unspecified atom stereocenters. The van der Waals surface area contributed by atoms with Crippen LogP contribution in [0.5, 0.6) is 0 Å². The standard InChI is InChI=1S/C12H22N2O2S2/c1-11(2)14(10-12-6-5-8-17-12)18(15,16)9-4-3-7-13/h5-6,8,11H,3-4,7,9-10,13H2,1-2H3. The molecule has 0 atom stereocenters. The number of sulfonamides is 1. The fourth-order valence-electron chi connectivity index (χ4n) is 1.70. The van der Waals surface area contributed by atoms with Gasteiger partial charge in [0.2, 0.25) is 10.0 Å². The summed E-state index contributed by atoms with van der Waals surface area (Å²) in [5, 5.41) is 1.97. The van der Waals surface area contributed by atoms with Crippen LogP contribution in [0.15, 0.2) is 17.5 Å². The Labute approximate surface area is 114 Å². The Morgan fingerprint density at radius 3 is 2.61 bits per heavy atom. The molecule has 0 aromatic carbocycles. The molecule has 0 saturated heterocycles. The summed E-state index contributed by atoms with van der Waals surface area (Å²) in [6.45, 7) is 4.84. The van der Waals surface area contributed by atoms with E-state index in [9.17, 15) is 8.42 Å². The number of thiophene rings is 1. The lowest BCUT2D eigenvalue weighted by Gasteiger charge is -2.25. The highest BCUT2D eigenvalue weighted by Crippen LogP contribution is 2.18. The first kappa shape index (κ1) is 15.6. The molecule has 0 aliphatic rings. The molecule has 4 nitrogen and oxygen atoms in total. The third-order valence-corrected chi connectivity index (χ3v) is 5.61. The molecule has 0 saturated carbocycles. The Hall–Kier alpha value is -0.430. The Bertz CT molecular complexity index is 427. The Balaban J connectivity index is 2.71. The lowest BCUT2D eigenvalue weighted by molar-refractivity contribution is 0.350. The quantitative estimate of drug-likeness (QED) is 0.745. The first-order valence-electron chi connectivity index (χ1n) is 6.19. The first-order chi connectivity index (χ1) is 8.47. The van der Waals surface area contributed by atoms with Gasteiger partial charge >= 0.3 is 0 Å². The van der Waals surface area contributed by atoms with Gasteiger partial charge in [-0.2, -0.15) is 4.31 Å². The molecule has 0 amide bonds. The van der Waals surface area contributed by atoms with Crippen molar-refractivity contribution < 1.29 is 8.42 Å². The second kappa shape index (κ2) is 7.23. The third-order valence-electron chi connectivity index (χ3n) is 2.68. The summed E-state index contributed by atoms with van der Waals surface area (Å²) in [5.74, 6) is 0.188. The Morgan fingerprint density at radius 2 is 2.11 bits per heavy atom. The molecule has 1 rings (SSSR count). The Morgan fingerprint density at radius 1 is 1.39 bits per heavy atom. The molecule has 0 bridgehead atoms. The van der Waals surface area contributed by atoms with Gasteiger partial charge in [0.15, 0.2) is 0 Å². The fourth-order valence-corrected chi connectivity index (χ4v) is 4.27. The van der Waals surface area contributed by atoms with Gasteiger partial charge in [0.05, 0.1) is 5.75 Å². The monoisotopic (exact) mass is 290 g/mol. The fraction of sp³-hybridized carbons (Fsp3) is 0.667. The van der Waals surface area contributed by atoms with E-state index in [0.717, 1.165) is 11.3 Å². The zero-order valence-corrected chi connectivity index (χ0v) is 12.6. The first-order valence-corrected chi connectivity index (χ1v) is 8.68. The van der Waals surface area contributed by atoms with E-state index in [1.807, 2.05) is 31.4 Å². The summed E-state index contributed by atoms with van der Waals surface area (Å²) in [5.41, 5.74) is 5.40. The highest BCUT2D eigenvalue weighted by molar-refractivity contribution is 7.89. The normalized spacial score (nSPS) is 12.5. The molecule has 1 heterocycles. The van der Waals surface area contributed by atoms with Crippen LogP contribution in [0.2, 0.25) is 0 Å². The summed E-state index contributed by atoms with van der Waals surface area (Å²) >= 11 is 1.59. The van der Waals surface area contributed by atoms with Gasteiger partial charge in [0.25, 0.3) is 0 Å². The minimum atomic E-state index is -3.19. The van der Waals surface area contributed by atoms with E-state index in [1.165, 1.54) is 0 Å². The van der Waals surface area contributed by atoms with E-state index in [0.29, 0.717) is 19.5 Å². The van der Waals surface area contributed by atoms with Gasteiger partial charge in [-0.1, -0.05) is 6.07 Å². The number of hydrogen-bond acceptors (Lipinski definition) is 4. The van der Waals surface area contributed by atoms with Gasteiger partial charge in [-0.15, -0.1) is 11.3 Å². The molecule has 0 fully saturated rings. The van der Waals surface area contributed by atoms with Crippen molar-refractivity contribution in [2.24, 2.45) is 5.73 Å². The predicted octanol–water partition coefficient (Wildman–Crippen LogP) is 2.03. The molecule has 6 heteroatoms. The molecule has 0 aliphatic carbocycles. The summed E-state index contributed by atoms with van der Waals surface area (Å²) in [4.78, 5) is 1.08. The SMILES string of the molecule is CC(C)N(Cc1cccs1)S(=O)(=O)CCCCN. The smallest absolute Gasteiger partial charge is 0.214 e. The molecular formula is C12H22N2O2S2. The van der Waals surface area contributed by atoms with Crippen LogP contribution in [-0.2, 0) is 16.6 Å². The van der Waals surface area contributed by atoms with E-state index in [4.69, 9.17) is 5.73 Å². The lowest BCUT2D eigenvalue weighted by Crippen LogP contribution is -2.37. The van der Waals surface area contributed by atoms with Gasteiger partial charge in [0, 0.05) is 17.5 Å². The van der Waals surface area contributed by atoms with Gasteiger partial charge < -0.3 is 5.73 Å². The number of nitrogens with two attached hydrogens (primary N) is 1. The molecular weight excluding hydrogens is 268 g/mol. The maximum atomic E-state index is 12.3. The number of nitrogens with zero attached hydrogens (tertiary/aromatic N) is 1. The molecule has 0 radical (unpaired) electrons. The largest absolute Gasteiger partial charge is 0.330 e. The van der Waals surface area contributed by atoms with Crippen molar-refractivity contribution in [1.29, 1.82) is 0 Å². The second-order valence-corrected chi connectivity index (χ2v) is 7.60. The molecule has 104 valence electrons. The van der Waals surface area contributed by atoms with Crippen molar-refractivity contribution >= 4 is 21.4 Å². The van der Waals surface area contributed by atoms with Crippen LogP contribution in [0.4, 0.5) is 0 Å². The van der Waals surface area contributed by atoms with Crippen molar-refractivity contribution in [3.63, 3.8) is 0 Å². The van der Waals surface area contributed by atoms with Gasteiger partial charge in [-0.3, -0.25) is 0 Å². The minimum absolute atomic E-state index is 0.0185. The predicted molar refractivity (Wildman–Crippen MR) is 77.1 cm³/mol. The zero-order valence-electron chi connectivity index (χ0n) is 11.0. The molecule has 18 heavy (non-hydrogen) atoms. The van der Waals surface area contributed by atoms with E-state index in [2.05, 4.69) is 0 Å². The summed E-state index contributed by atoms with van der Waals surface area (Å²) < 4.78 is 26.1. The highest BCUT2D eigenvalue weighted by Gasteiger charge is 2.24. The van der Waals surface area contributed by atoms with Gasteiger partial charge in [0.1, 0.15) is 0 Å². The van der Waals surface area contributed by atoms with E-state index in [-0.39, 0.29) is 11.8 Å². The van der Waals surface area contributed by atoms with Crippen LogP contribution in [0.3, 0.4) is 0 Å². The van der Waals surface area contributed by atoms with Crippen LogP contribution < -0.4 is 5.73 Å². The third kappa shape index (κ3) is 4.68. The van der Waals surface area contributed by atoms with Crippen molar-refractivity contribution in [3.05, 3.63) is 22.4 Å². The molecule has 2 N–H and O–H groups in total. The summed E-state index contributed by atoms with van der Waals surface area (Å²) in [7, 11) is -3.19. The average Bonchev–Trinajstić information content (AvgIpc) is 2.78. The number of unbranched alkanes of at least 4 members (excludes halogenated alkanes) is 1. The average molecular weight is 290 g/mol. The van der Waals surface area contributed by atoms with Crippen molar-refractivity contribution in [3.8, 4) is 0 Å². The maximum absolute atomic E-state index is 12.3. The van der Waals surface area contributed by atoms with Gasteiger partial charge in [-0.05, 0) is 44.7 Å². The molecule has 0 aliphatic heterocycles. The van der Waals surface area contributed by atoms with Crippen molar-refractivity contribution in [2.45, 2.75) is 39.3 Å². The highest BCUT2D eigenvalue weighted by atomic mass is 32.2. The van der Waals surface area contributed by atoms with Crippen molar-refractivity contribution in [1.82, 2.24) is 4.31 Å². The Kier molecular flexibility index (Phi) is 6.28. The maximum Gasteiger partial charge on any atom is 0.214 e. The topological polar surface area (TPSA) is 63.4 Å². The lowest BCUT2D eigenvalue weighted by atomic mass is 10.3. The van der Waals surface area contributed by atoms with Crippen LogP contribution >= 0.6 is 11.3 Å². The van der Waals surface area contributed by atoms with Crippen molar-refractivity contribution in [2.75, 3.05) is 12.3 Å². The van der Waals surface area contributed by atoms with Crippen LogP contribution in [-0.4, -0.2) is 31.1 Å². The molecule has 0 spiro atoms.